The van der Waals surface area contributed by atoms with E-state index >= 15 is 0 Å². The van der Waals surface area contributed by atoms with E-state index in [-0.39, 0.29) is 4.90 Å². The fraction of sp³-hybridized carbons (Fsp3) is 0.600. The van der Waals surface area contributed by atoms with Gasteiger partial charge in [0.05, 0.1) is 20.2 Å². The summed E-state index contributed by atoms with van der Waals surface area (Å²) in [5, 5.41) is 3.25. The van der Waals surface area contributed by atoms with Crippen LogP contribution in [0.1, 0.15) is 24.0 Å². The second-order valence-electron chi connectivity index (χ2n) is 6.75. The van der Waals surface area contributed by atoms with Gasteiger partial charge in [-0.15, -0.1) is 0 Å². The Labute approximate surface area is 128 Å². The first-order valence-corrected chi connectivity index (χ1v) is 9.20. The summed E-state index contributed by atoms with van der Waals surface area (Å²) in [6.45, 7) is 2.04. The van der Waals surface area contributed by atoms with Gasteiger partial charge < -0.3 is 5.32 Å². The molecule has 22 heavy (non-hydrogen) atoms. The summed E-state index contributed by atoms with van der Waals surface area (Å²) < 4.78 is 58.2. The van der Waals surface area contributed by atoms with E-state index < -0.39 is 21.5 Å². The molecule has 7 heteroatoms. The highest BCUT2D eigenvalue weighted by Gasteiger charge is 2.48. The van der Waals surface area contributed by atoms with E-state index in [0.717, 1.165) is 38.1 Å². The largest absolute Gasteiger partial charge is 0.416 e. The van der Waals surface area contributed by atoms with E-state index in [4.69, 9.17) is 4.78 Å². The average molecular weight is 332 g/mol. The topological polar surface area (TPSA) is 53.0 Å². The van der Waals surface area contributed by atoms with Gasteiger partial charge in [0.25, 0.3) is 0 Å². The van der Waals surface area contributed by atoms with Crippen molar-refractivity contribution in [2.45, 2.75) is 30.3 Å². The molecule has 0 bridgehead atoms. The third-order valence-corrected chi connectivity index (χ3v) is 5.99. The van der Waals surface area contributed by atoms with Crippen molar-refractivity contribution >= 4 is 9.73 Å². The molecule has 1 aromatic carbocycles. The summed E-state index contributed by atoms with van der Waals surface area (Å²) in [4.78, 5) is 0.0370. The maximum absolute atomic E-state index is 12.8. The van der Waals surface area contributed by atoms with Gasteiger partial charge in [0.15, 0.2) is 0 Å². The lowest BCUT2D eigenvalue weighted by atomic mass is 9.57. The van der Waals surface area contributed by atoms with Crippen LogP contribution in [0.15, 0.2) is 23.1 Å². The van der Waals surface area contributed by atoms with Crippen LogP contribution >= 0.6 is 0 Å². The zero-order valence-corrected chi connectivity index (χ0v) is 13.1. The van der Waals surface area contributed by atoms with E-state index in [0.29, 0.717) is 23.3 Å². The zero-order valence-electron chi connectivity index (χ0n) is 12.3. The smallest absolute Gasteiger partial charge is 0.316 e. The predicted octanol–water partition coefficient (Wildman–Crippen LogP) is 3.28. The van der Waals surface area contributed by atoms with Crippen molar-refractivity contribution in [2.75, 3.05) is 19.3 Å². The molecule has 3 nitrogen and oxygen atoms in total. The van der Waals surface area contributed by atoms with Crippen LogP contribution in [-0.2, 0) is 22.3 Å². The standard InChI is InChI=1S/C15H19F3N2OS/c1-22(19,21)13-5-12(15(16,17)18)3-2-11(13)4-10-6-14(7-10)8-20-9-14/h2-3,5,10,19-20H,4,6-9H2,1H3. The third kappa shape index (κ3) is 2.88. The fourth-order valence-corrected chi connectivity index (χ4v) is 4.65. The lowest BCUT2D eigenvalue weighted by Gasteiger charge is -2.54. The molecule has 2 N–H and O–H groups in total. The van der Waals surface area contributed by atoms with Crippen LogP contribution in [0.2, 0.25) is 0 Å². The first-order chi connectivity index (χ1) is 10.1. The Bertz CT molecular complexity index is 685. The van der Waals surface area contributed by atoms with Crippen LogP contribution in [0.25, 0.3) is 0 Å². The van der Waals surface area contributed by atoms with Crippen LogP contribution in [0.5, 0.6) is 0 Å². The fourth-order valence-electron chi connectivity index (χ4n) is 3.65. The predicted molar refractivity (Wildman–Crippen MR) is 78.2 cm³/mol. The third-order valence-electron chi connectivity index (χ3n) is 4.77. The molecule has 1 unspecified atom stereocenters. The maximum atomic E-state index is 12.8. The van der Waals surface area contributed by atoms with Gasteiger partial charge in [-0.1, -0.05) is 6.07 Å². The van der Waals surface area contributed by atoms with Crippen LogP contribution < -0.4 is 5.32 Å². The number of rotatable bonds is 3. The maximum Gasteiger partial charge on any atom is 0.416 e. The number of hydrogen-bond donors (Lipinski definition) is 2. The normalized spacial score (nSPS) is 23.6. The van der Waals surface area contributed by atoms with Gasteiger partial charge in [0.1, 0.15) is 0 Å². The quantitative estimate of drug-likeness (QED) is 0.892. The Morgan fingerprint density at radius 1 is 1.36 bits per heavy atom. The Balaban J connectivity index is 1.84. The van der Waals surface area contributed by atoms with Crippen molar-refractivity contribution in [3.05, 3.63) is 29.3 Å². The van der Waals surface area contributed by atoms with Crippen molar-refractivity contribution in [3.63, 3.8) is 0 Å². The van der Waals surface area contributed by atoms with Crippen LogP contribution in [0.4, 0.5) is 13.2 Å². The summed E-state index contributed by atoms with van der Waals surface area (Å²) in [6.07, 6.45) is -0.564. The van der Waals surface area contributed by atoms with E-state index in [9.17, 15) is 17.4 Å². The molecule has 1 aromatic rings. The van der Waals surface area contributed by atoms with Crippen molar-refractivity contribution < 1.29 is 17.4 Å². The average Bonchev–Trinajstić information content (AvgIpc) is 2.28. The molecule has 3 rings (SSSR count). The highest BCUT2D eigenvalue weighted by atomic mass is 32.2. The number of alkyl halides is 3. The first-order valence-electron chi connectivity index (χ1n) is 7.24. The molecule has 1 saturated heterocycles. The number of hydrogen-bond acceptors (Lipinski definition) is 3. The lowest BCUT2D eigenvalue weighted by molar-refractivity contribution is -0.137. The molecule has 122 valence electrons. The molecular weight excluding hydrogens is 313 g/mol. The first kappa shape index (κ1) is 15.8. The van der Waals surface area contributed by atoms with Gasteiger partial charge in [-0.25, -0.2) is 8.99 Å². The molecule has 1 saturated carbocycles. The molecule has 1 atom stereocenters. The highest BCUT2D eigenvalue weighted by molar-refractivity contribution is 7.91. The minimum Gasteiger partial charge on any atom is -0.316 e. The Morgan fingerprint density at radius 2 is 2.00 bits per heavy atom. The summed E-state index contributed by atoms with van der Waals surface area (Å²) in [5.74, 6) is 0.416. The van der Waals surface area contributed by atoms with Gasteiger partial charge >= 0.3 is 6.18 Å². The monoisotopic (exact) mass is 332 g/mol. The molecule has 0 aromatic heterocycles. The molecule has 0 radical (unpaired) electrons. The molecule has 1 heterocycles. The van der Waals surface area contributed by atoms with Crippen molar-refractivity contribution in [3.8, 4) is 0 Å². The zero-order chi connectivity index (χ0) is 16.2. The number of halogens is 3. The summed E-state index contributed by atoms with van der Waals surface area (Å²) >= 11 is 0. The molecule has 0 amide bonds. The number of nitrogens with one attached hydrogen (secondary N) is 2. The summed E-state index contributed by atoms with van der Waals surface area (Å²) in [5.41, 5.74) is 0.190. The van der Waals surface area contributed by atoms with Gasteiger partial charge in [-0.05, 0) is 48.3 Å². The van der Waals surface area contributed by atoms with Gasteiger partial charge in [0, 0.05) is 19.3 Å². The molecule has 1 aliphatic heterocycles. The van der Waals surface area contributed by atoms with Gasteiger partial charge in [-0.3, -0.25) is 0 Å². The van der Waals surface area contributed by atoms with Gasteiger partial charge in [-0.2, -0.15) is 13.2 Å². The Morgan fingerprint density at radius 3 is 2.45 bits per heavy atom. The van der Waals surface area contributed by atoms with Gasteiger partial charge in [0.2, 0.25) is 0 Å². The van der Waals surface area contributed by atoms with Crippen molar-refractivity contribution in [1.82, 2.24) is 5.32 Å². The number of benzene rings is 1. The summed E-state index contributed by atoms with van der Waals surface area (Å²) in [7, 11) is -3.18. The SMILES string of the molecule is CS(=N)(=O)c1cc(C(F)(F)F)ccc1CC1CC2(CNC2)C1. The van der Waals surface area contributed by atoms with E-state index in [2.05, 4.69) is 5.32 Å². The van der Waals surface area contributed by atoms with Crippen molar-refractivity contribution in [2.24, 2.45) is 11.3 Å². The summed E-state index contributed by atoms with van der Waals surface area (Å²) in [6, 6.07) is 3.33. The molecule has 2 fully saturated rings. The van der Waals surface area contributed by atoms with Crippen LogP contribution in [-0.4, -0.2) is 23.6 Å². The molecule has 1 spiro atoms. The van der Waals surface area contributed by atoms with E-state index in [1.54, 1.807) is 0 Å². The van der Waals surface area contributed by atoms with Crippen molar-refractivity contribution in [1.29, 1.82) is 4.78 Å². The second kappa shape index (κ2) is 4.96. The molecule has 1 aliphatic carbocycles. The molecular formula is C15H19F3N2OS. The highest BCUT2D eigenvalue weighted by Crippen LogP contribution is 2.49. The Kier molecular flexibility index (Phi) is 3.56. The van der Waals surface area contributed by atoms with Crippen LogP contribution in [0, 0.1) is 16.1 Å². The second-order valence-corrected chi connectivity index (χ2v) is 8.87. The van der Waals surface area contributed by atoms with E-state index in [1.165, 1.54) is 12.3 Å². The minimum atomic E-state index is -4.48. The van der Waals surface area contributed by atoms with E-state index in [1.807, 2.05) is 0 Å². The Hall–Kier alpha value is -1.08. The lowest BCUT2D eigenvalue weighted by Crippen LogP contribution is -2.60. The van der Waals surface area contributed by atoms with Crippen LogP contribution in [0.3, 0.4) is 0 Å². The minimum absolute atomic E-state index is 0.0370. The molecule has 2 aliphatic rings.